The van der Waals surface area contributed by atoms with Crippen LogP contribution in [-0.2, 0) is 19.4 Å². The summed E-state index contributed by atoms with van der Waals surface area (Å²) in [6, 6.07) is 2.95. The summed E-state index contributed by atoms with van der Waals surface area (Å²) >= 11 is 13.6. The Morgan fingerprint density at radius 3 is 2.59 bits per heavy atom. The highest BCUT2D eigenvalue weighted by Gasteiger charge is 2.34. The lowest BCUT2D eigenvalue weighted by Crippen LogP contribution is -2.43. The fourth-order valence-electron chi connectivity index (χ4n) is 3.30. The zero-order valence-corrected chi connectivity index (χ0v) is 18.9. The number of carbonyl (C=O) groups excluding carboxylic acids is 2. The molecule has 3 rings (SSSR count). The molecule has 2 aromatic rings. The zero-order valence-electron chi connectivity index (χ0n) is 15.7. The molecular weight excluding hydrogens is 461 g/mol. The molecule has 1 amide bonds. The van der Waals surface area contributed by atoms with E-state index in [2.05, 4.69) is 0 Å². The van der Waals surface area contributed by atoms with Crippen molar-refractivity contribution < 1.29 is 27.5 Å². The van der Waals surface area contributed by atoms with Crippen molar-refractivity contribution in [2.45, 2.75) is 19.4 Å². The van der Waals surface area contributed by atoms with Gasteiger partial charge in [0, 0.05) is 18.0 Å². The number of carbonyl (C=O) groups is 2. The highest BCUT2D eigenvalue weighted by Crippen LogP contribution is 2.43. The van der Waals surface area contributed by atoms with Crippen LogP contribution in [-0.4, -0.2) is 63.0 Å². The third-order valence-corrected chi connectivity index (χ3v) is 8.69. The molecule has 1 aromatic heterocycles. The van der Waals surface area contributed by atoms with E-state index in [9.17, 15) is 18.0 Å². The fraction of sp³-hybridized carbons (Fsp3) is 0.444. The summed E-state index contributed by atoms with van der Waals surface area (Å²) in [6.07, 6.45) is 0.387. The summed E-state index contributed by atoms with van der Waals surface area (Å²) in [5, 5.41) is 1.12. The number of benzene rings is 1. The molecular formula is C18H19Cl2NO6S2. The number of ether oxygens (including phenoxy) is 2. The van der Waals surface area contributed by atoms with Gasteiger partial charge in [-0.25, -0.2) is 13.2 Å². The zero-order chi connectivity index (χ0) is 21.3. The van der Waals surface area contributed by atoms with E-state index < -0.39 is 34.4 Å². The van der Waals surface area contributed by atoms with Gasteiger partial charge in [0.1, 0.15) is 15.6 Å². The summed E-state index contributed by atoms with van der Waals surface area (Å²) in [5.41, 5.74) is 0. The Kier molecular flexibility index (Phi) is 6.62. The molecule has 11 heteroatoms. The number of amides is 1. The van der Waals surface area contributed by atoms with Crippen LogP contribution in [0.4, 0.5) is 0 Å². The molecule has 0 radical (unpaired) electrons. The summed E-state index contributed by atoms with van der Waals surface area (Å²) < 4.78 is 34.3. The molecule has 1 atom stereocenters. The molecule has 158 valence electrons. The monoisotopic (exact) mass is 479 g/mol. The molecule has 0 N–H and O–H groups in total. The number of methoxy groups -OCH3 is 1. The van der Waals surface area contributed by atoms with Crippen molar-refractivity contribution in [2.75, 3.05) is 31.8 Å². The number of nitrogens with zero attached hydrogens (tertiary/aromatic N) is 1. The van der Waals surface area contributed by atoms with Gasteiger partial charge in [-0.1, -0.05) is 23.2 Å². The van der Waals surface area contributed by atoms with Gasteiger partial charge >= 0.3 is 5.97 Å². The Morgan fingerprint density at radius 1 is 1.28 bits per heavy atom. The Balaban J connectivity index is 1.72. The second kappa shape index (κ2) is 8.67. The van der Waals surface area contributed by atoms with Crippen molar-refractivity contribution in [1.29, 1.82) is 0 Å². The van der Waals surface area contributed by atoms with Gasteiger partial charge in [0.25, 0.3) is 5.91 Å². The van der Waals surface area contributed by atoms with E-state index in [4.69, 9.17) is 32.7 Å². The molecule has 1 aromatic carbocycles. The van der Waals surface area contributed by atoms with Crippen molar-refractivity contribution in [3.05, 3.63) is 27.1 Å². The van der Waals surface area contributed by atoms with Crippen molar-refractivity contribution in [2.24, 2.45) is 0 Å². The lowest BCUT2D eigenvalue weighted by molar-refractivity contribution is -0.136. The summed E-state index contributed by atoms with van der Waals surface area (Å²) in [4.78, 5) is 26.6. The van der Waals surface area contributed by atoms with E-state index in [0.29, 0.717) is 33.8 Å². The maximum atomic E-state index is 12.5. The normalized spacial score (nSPS) is 18.0. The van der Waals surface area contributed by atoms with Crippen LogP contribution in [0.3, 0.4) is 0 Å². The standard InChI is InChI=1S/C18H19Cl2NO6S2/c1-3-21(10-6-7-29(24,25)9-10)13(22)8-27-18(23)17-14(19)11-4-5-12(26-2)15(20)16(11)28-17/h4-5,10H,3,6-9H2,1-2H3. The largest absolute Gasteiger partial charge is 0.495 e. The summed E-state index contributed by atoms with van der Waals surface area (Å²) in [6.45, 7) is 1.59. The van der Waals surface area contributed by atoms with Crippen LogP contribution >= 0.6 is 34.5 Å². The Morgan fingerprint density at radius 2 is 2.00 bits per heavy atom. The molecule has 1 saturated heterocycles. The molecule has 29 heavy (non-hydrogen) atoms. The molecule has 2 heterocycles. The van der Waals surface area contributed by atoms with Gasteiger partial charge in [-0.05, 0) is 25.5 Å². The highest BCUT2D eigenvalue weighted by molar-refractivity contribution is 7.91. The van der Waals surface area contributed by atoms with E-state index in [1.54, 1.807) is 19.1 Å². The van der Waals surface area contributed by atoms with Gasteiger partial charge in [0.15, 0.2) is 16.4 Å². The fourth-order valence-corrected chi connectivity index (χ4v) is 6.81. The van der Waals surface area contributed by atoms with E-state index in [1.165, 1.54) is 12.0 Å². The molecule has 1 aliphatic heterocycles. The van der Waals surface area contributed by atoms with Crippen molar-refractivity contribution in [1.82, 2.24) is 4.90 Å². The minimum atomic E-state index is -3.13. The van der Waals surface area contributed by atoms with E-state index in [0.717, 1.165) is 11.3 Å². The molecule has 1 aliphatic rings. The van der Waals surface area contributed by atoms with Gasteiger partial charge in [0.05, 0.1) is 28.3 Å². The number of hydrogen-bond acceptors (Lipinski definition) is 7. The lowest BCUT2D eigenvalue weighted by Gasteiger charge is -2.26. The second-order valence-corrected chi connectivity index (χ2v) is 10.5. The average Bonchev–Trinajstić information content (AvgIpc) is 3.21. The average molecular weight is 480 g/mol. The molecule has 0 saturated carbocycles. The van der Waals surface area contributed by atoms with Crippen LogP contribution in [0.2, 0.25) is 10.0 Å². The summed E-state index contributed by atoms with van der Waals surface area (Å²) in [5.74, 6) is -0.738. The molecule has 1 fully saturated rings. The smallest absolute Gasteiger partial charge is 0.350 e. The predicted molar refractivity (Wildman–Crippen MR) is 113 cm³/mol. The number of likely N-dealkylation sites (N-methyl/N-ethyl adjacent to an activating group) is 1. The highest BCUT2D eigenvalue weighted by atomic mass is 35.5. The molecule has 0 aliphatic carbocycles. The quantitative estimate of drug-likeness (QED) is 0.589. The van der Waals surface area contributed by atoms with Gasteiger partial charge in [-0.2, -0.15) is 0 Å². The van der Waals surface area contributed by atoms with Gasteiger partial charge in [-0.15, -0.1) is 11.3 Å². The van der Waals surface area contributed by atoms with Gasteiger partial charge < -0.3 is 14.4 Å². The first-order valence-electron chi connectivity index (χ1n) is 8.80. The number of fused-ring (bicyclic) bond motifs is 1. The van der Waals surface area contributed by atoms with Gasteiger partial charge in [-0.3, -0.25) is 4.79 Å². The van der Waals surface area contributed by atoms with Gasteiger partial charge in [0.2, 0.25) is 0 Å². The number of esters is 1. The Hall–Kier alpha value is -1.55. The minimum absolute atomic E-state index is 0.0584. The maximum absolute atomic E-state index is 12.5. The topological polar surface area (TPSA) is 90.0 Å². The third-order valence-electron chi connectivity index (χ3n) is 4.74. The van der Waals surface area contributed by atoms with Crippen molar-refractivity contribution >= 4 is 66.3 Å². The van der Waals surface area contributed by atoms with Crippen LogP contribution < -0.4 is 4.74 Å². The second-order valence-electron chi connectivity index (χ2n) is 6.52. The van der Waals surface area contributed by atoms with E-state index >= 15 is 0 Å². The predicted octanol–water partition coefficient (Wildman–Crippen LogP) is 3.41. The first kappa shape index (κ1) is 22.1. The molecule has 0 spiro atoms. The molecule has 7 nitrogen and oxygen atoms in total. The number of thiophene rings is 1. The van der Waals surface area contributed by atoms with Crippen LogP contribution in [0.25, 0.3) is 10.1 Å². The Labute approximate surface area is 182 Å². The first-order chi connectivity index (χ1) is 13.7. The lowest BCUT2D eigenvalue weighted by atomic mass is 10.2. The maximum Gasteiger partial charge on any atom is 0.350 e. The van der Waals surface area contributed by atoms with Crippen LogP contribution in [0.15, 0.2) is 12.1 Å². The number of sulfone groups is 1. The minimum Gasteiger partial charge on any atom is -0.495 e. The molecule has 0 bridgehead atoms. The van der Waals surface area contributed by atoms with Crippen LogP contribution in [0.5, 0.6) is 5.75 Å². The summed E-state index contributed by atoms with van der Waals surface area (Å²) in [7, 11) is -1.64. The Bertz CT molecular complexity index is 1070. The SMILES string of the molecule is CCN(C(=O)COC(=O)c1sc2c(Cl)c(OC)ccc2c1Cl)C1CCS(=O)(=O)C1. The van der Waals surface area contributed by atoms with E-state index in [1.807, 2.05) is 0 Å². The van der Waals surface area contributed by atoms with Crippen molar-refractivity contribution in [3.8, 4) is 5.75 Å². The van der Waals surface area contributed by atoms with Crippen LogP contribution in [0, 0.1) is 0 Å². The van der Waals surface area contributed by atoms with Crippen molar-refractivity contribution in [3.63, 3.8) is 0 Å². The number of hydrogen-bond donors (Lipinski definition) is 0. The van der Waals surface area contributed by atoms with Crippen LogP contribution in [0.1, 0.15) is 23.0 Å². The van der Waals surface area contributed by atoms with E-state index in [-0.39, 0.29) is 21.4 Å². The first-order valence-corrected chi connectivity index (χ1v) is 12.2. The molecule has 1 unspecified atom stereocenters. The number of halogens is 2. The third kappa shape index (κ3) is 4.47. The number of rotatable bonds is 6.